The second kappa shape index (κ2) is 5.41. The normalized spacial score (nSPS) is 20.4. The summed E-state index contributed by atoms with van der Waals surface area (Å²) in [6.45, 7) is 1.96. The number of nitrogens with one attached hydrogen (secondary N) is 2. The summed E-state index contributed by atoms with van der Waals surface area (Å²) in [6, 6.07) is 2.48. The molecule has 2 N–H and O–H groups in total. The van der Waals surface area contributed by atoms with Crippen molar-refractivity contribution in [2.24, 2.45) is 0 Å². The Kier molecular flexibility index (Phi) is 3.66. The maximum Gasteiger partial charge on any atom is 0.261 e. The van der Waals surface area contributed by atoms with Crippen LogP contribution in [0.25, 0.3) is 0 Å². The van der Waals surface area contributed by atoms with E-state index in [1.54, 1.807) is 11.3 Å². The van der Waals surface area contributed by atoms with E-state index in [-0.39, 0.29) is 5.91 Å². The summed E-state index contributed by atoms with van der Waals surface area (Å²) in [5, 5.41) is 6.54. The molecule has 1 aliphatic heterocycles. The first kappa shape index (κ1) is 12.2. The number of thiophene rings is 1. The van der Waals surface area contributed by atoms with E-state index in [2.05, 4.69) is 16.7 Å². The first-order valence-electron chi connectivity index (χ1n) is 6.96. The van der Waals surface area contributed by atoms with Gasteiger partial charge in [0, 0.05) is 24.0 Å². The van der Waals surface area contributed by atoms with Crippen LogP contribution in [-0.2, 0) is 13.0 Å². The molecule has 1 saturated carbocycles. The molecule has 0 atom stereocenters. The highest BCUT2D eigenvalue weighted by Crippen LogP contribution is 2.26. The van der Waals surface area contributed by atoms with Crippen LogP contribution in [0.2, 0.25) is 0 Å². The molecule has 0 bridgehead atoms. The van der Waals surface area contributed by atoms with Crippen molar-refractivity contribution in [2.45, 2.75) is 51.1 Å². The fourth-order valence-electron chi connectivity index (χ4n) is 2.87. The Morgan fingerprint density at radius 3 is 2.94 bits per heavy atom. The van der Waals surface area contributed by atoms with E-state index in [4.69, 9.17) is 0 Å². The Labute approximate surface area is 112 Å². The van der Waals surface area contributed by atoms with Gasteiger partial charge in [-0.15, -0.1) is 11.3 Å². The van der Waals surface area contributed by atoms with Crippen LogP contribution >= 0.6 is 11.3 Å². The molecule has 18 heavy (non-hydrogen) atoms. The molecule has 1 fully saturated rings. The number of hydrogen-bond acceptors (Lipinski definition) is 3. The number of rotatable bonds is 2. The Morgan fingerprint density at radius 1 is 1.33 bits per heavy atom. The fourth-order valence-corrected chi connectivity index (χ4v) is 3.95. The van der Waals surface area contributed by atoms with Crippen LogP contribution < -0.4 is 10.6 Å². The first-order valence-corrected chi connectivity index (χ1v) is 7.78. The van der Waals surface area contributed by atoms with E-state index in [9.17, 15) is 4.79 Å². The Hall–Kier alpha value is -0.870. The van der Waals surface area contributed by atoms with E-state index in [1.807, 2.05) is 0 Å². The van der Waals surface area contributed by atoms with Crippen LogP contribution in [0.4, 0.5) is 0 Å². The Bertz CT molecular complexity index is 412. The molecule has 1 aromatic rings. The number of carbonyl (C=O) groups is 1. The lowest BCUT2D eigenvalue weighted by molar-refractivity contribution is 0.0932. The van der Waals surface area contributed by atoms with Crippen molar-refractivity contribution in [3.8, 4) is 0 Å². The van der Waals surface area contributed by atoms with Crippen molar-refractivity contribution in [2.75, 3.05) is 6.54 Å². The highest BCUT2D eigenvalue weighted by molar-refractivity contribution is 7.14. The summed E-state index contributed by atoms with van der Waals surface area (Å²) in [5.74, 6) is 0.140. The van der Waals surface area contributed by atoms with Gasteiger partial charge in [-0.25, -0.2) is 0 Å². The fraction of sp³-hybridized carbons (Fsp3) is 0.643. The minimum absolute atomic E-state index is 0.140. The predicted molar refractivity (Wildman–Crippen MR) is 74.1 cm³/mol. The van der Waals surface area contributed by atoms with Gasteiger partial charge in [-0.05, 0) is 30.9 Å². The molecule has 2 heterocycles. The summed E-state index contributed by atoms with van der Waals surface area (Å²) in [4.78, 5) is 14.5. The minimum atomic E-state index is 0.140. The van der Waals surface area contributed by atoms with Crippen LogP contribution in [0, 0.1) is 0 Å². The van der Waals surface area contributed by atoms with Crippen molar-refractivity contribution in [3.05, 3.63) is 21.4 Å². The quantitative estimate of drug-likeness (QED) is 0.861. The summed E-state index contributed by atoms with van der Waals surface area (Å²) >= 11 is 1.68. The van der Waals surface area contributed by atoms with Gasteiger partial charge < -0.3 is 10.6 Å². The molecular formula is C14H20N2OS. The zero-order valence-electron chi connectivity index (χ0n) is 10.6. The standard InChI is InChI=1S/C14H20N2OS/c17-14(16-11-4-2-1-3-5-11)13-8-10-9-15-7-6-12(10)18-13/h8,11,15H,1-7,9H2,(H,16,17). The highest BCUT2D eigenvalue weighted by atomic mass is 32.1. The molecular weight excluding hydrogens is 244 g/mol. The molecule has 98 valence electrons. The summed E-state index contributed by atoms with van der Waals surface area (Å²) in [5.41, 5.74) is 1.32. The monoisotopic (exact) mass is 264 g/mol. The second-order valence-corrected chi connectivity index (χ2v) is 6.43. The average molecular weight is 264 g/mol. The lowest BCUT2D eigenvalue weighted by Gasteiger charge is -2.22. The molecule has 0 unspecified atom stereocenters. The number of hydrogen-bond donors (Lipinski definition) is 2. The Morgan fingerprint density at radius 2 is 2.17 bits per heavy atom. The van der Waals surface area contributed by atoms with E-state index in [0.717, 1.165) is 37.2 Å². The molecule has 1 aliphatic carbocycles. The maximum atomic E-state index is 12.2. The van der Waals surface area contributed by atoms with Crippen LogP contribution in [0.15, 0.2) is 6.07 Å². The van der Waals surface area contributed by atoms with Gasteiger partial charge in [-0.2, -0.15) is 0 Å². The third kappa shape index (κ3) is 2.59. The number of fused-ring (bicyclic) bond motifs is 1. The SMILES string of the molecule is O=C(NC1CCCCC1)c1cc2c(s1)CCNC2. The topological polar surface area (TPSA) is 41.1 Å². The molecule has 0 radical (unpaired) electrons. The van der Waals surface area contributed by atoms with Crippen LogP contribution in [0.3, 0.4) is 0 Å². The minimum Gasteiger partial charge on any atom is -0.349 e. The van der Waals surface area contributed by atoms with Crippen molar-refractivity contribution < 1.29 is 4.79 Å². The average Bonchev–Trinajstić information content (AvgIpc) is 2.84. The number of carbonyl (C=O) groups excluding carboxylic acids is 1. The third-order valence-electron chi connectivity index (χ3n) is 3.91. The summed E-state index contributed by atoms with van der Waals surface area (Å²) < 4.78 is 0. The van der Waals surface area contributed by atoms with Crippen LogP contribution in [-0.4, -0.2) is 18.5 Å². The van der Waals surface area contributed by atoms with Crippen molar-refractivity contribution in [3.63, 3.8) is 0 Å². The molecule has 0 saturated heterocycles. The van der Waals surface area contributed by atoms with Crippen LogP contribution in [0.5, 0.6) is 0 Å². The zero-order chi connectivity index (χ0) is 12.4. The molecule has 3 rings (SSSR count). The predicted octanol–water partition coefficient (Wildman–Crippen LogP) is 2.46. The van der Waals surface area contributed by atoms with Gasteiger partial charge in [0.1, 0.15) is 0 Å². The van der Waals surface area contributed by atoms with Gasteiger partial charge in [0.2, 0.25) is 0 Å². The van der Waals surface area contributed by atoms with Crippen LogP contribution in [0.1, 0.15) is 52.2 Å². The van der Waals surface area contributed by atoms with Gasteiger partial charge in [-0.1, -0.05) is 19.3 Å². The molecule has 0 aromatic carbocycles. The van der Waals surface area contributed by atoms with Crippen molar-refractivity contribution >= 4 is 17.2 Å². The second-order valence-electron chi connectivity index (χ2n) is 5.29. The third-order valence-corrected chi connectivity index (χ3v) is 5.14. The molecule has 0 spiro atoms. The molecule has 1 amide bonds. The van der Waals surface area contributed by atoms with E-state index in [0.29, 0.717) is 6.04 Å². The van der Waals surface area contributed by atoms with Gasteiger partial charge in [0.25, 0.3) is 5.91 Å². The lowest BCUT2D eigenvalue weighted by atomic mass is 9.95. The first-order chi connectivity index (χ1) is 8.83. The molecule has 2 aliphatic rings. The molecule has 4 heteroatoms. The smallest absolute Gasteiger partial charge is 0.261 e. The highest BCUT2D eigenvalue weighted by Gasteiger charge is 2.20. The van der Waals surface area contributed by atoms with E-state index < -0.39 is 0 Å². The maximum absolute atomic E-state index is 12.2. The largest absolute Gasteiger partial charge is 0.349 e. The Balaban J connectivity index is 1.66. The van der Waals surface area contributed by atoms with Gasteiger partial charge >= 0.3 is 0 Å². The van der Waals surface area contributed by atoms with E-state index >= 15 is 0 Å². The lowest BCUT2D eigenvalue weighted by Crippen LogP contribution is -2.35. The zero-order valence-corrected chi connectivity index (χ0v) is 11.4. The van der Waals surface area contributed by atoms with Crippen molar-refractivity contribution in [1.29, 1.82) is 0 Å². The summed E-state index contributed by atoms with van der Waals surface area (Å²) in [7, 11) is 0. The summed E-state index contributed by atoms with van der Waals surface area (Å²) in [6.07, 6.45) is 7.21. The van der Waals surface area contributed by atoms with Gasteiger partial charge in [-0.3, -0.25) is 4.79 Å². The van der Waals surface area contributed by atoms with Gasteiger partial charge in [0.15, 0.2) is 0 Å². The molecule has 3 nitrogen and oxygen atoms in total. The molecule has 1 aromatic heterocycles. The van der Waals surface area contributed by atoms with Crippen molar-refractivity contribution in [1.82, 2.24) is 10.6 Å². The number of amides is 1. The van der Waals surface area contributed by atoms with Gasteiger partial charge in [0.05, 0.1) is 4.88 Å². The van der Waals surface area contributed by atoms with E-state index in [1.165, 1.54) is 29.7 Å².